The second-order valence-electron chi connectivity index (χ2n) is 4.96. The normalized spacial score (nSPS) is 27.7. The monoisotopic (exact) mass is 244 g/mol. The van der Waals surface area contributed by atoms with E-state index < -0.39 is 0 Å². The van der Waals surface area contributed by atoms with Crippen LogP contribution in [0.25, 0.3) is 6.08 Å². The van der Waals surface area contributed by atoms with Crippen molar-refractivity contribution < 1.29 is 9.84 Å². The highest BCUT2D eigenvalue weighted by atomic mass is 16.5. The Balaban J connectivity index is 1.96. The Bertz CT molecular complexity index is 410. The molecule has 0 spiro atoms. The molecule has 1 fully saturated rings. The van der Waals surface area contributed by atoms with Gasteiger partial charge < -0.3 is 9.84 Å². The van der Waals surface area contributed by atoms with Gasteiger partial charge in [-0.2, -0.15) is 0 Å². The lowest BCUT2D eigenvalue weighted by Gasteiger charge is -2.22. The van der Waals surface area contributed by atoms with Crippen LogP contribution in [0.4, 0.5) is 0 Å². The third kappa shape index (κ3) is 3.09. The third-order valence-electron chi connectivity index (χ3n) is 3.50. The van der Waals surface area contributed by atoms with Crippen LogP contribution in [0, 0.1) is 5.41 Å². The van der Waals surface area contributed by atoms with Gasteiger partial charge in [0.05, 0.1) is 19.3 Å². The van der Waals surface area contributed by atoms with Crippen LogP contribution in [-0.2, 0) is 4.74 Å². The first-order chi connectivity index (χ1) is 8.78. The van der Waals surface area contributed by atoms with Crippen molar-refractivity contribution in [3.63, 3.8) is 0 Å². The molecule has 1 saturated heterocycles. The fourth-order valence-electron chi connectivity index (χ4n) is 2.31. The van der Waals surface area contributed by atoms with Crippen molar-refractivity contribution in [1.29, 1.82) is 0 Å². The zero-order valence-corrected chi connectivity index (χ0v) is 10.6. The van der Waals surface area contributed by atoms with Gasteiger partial charge in [0.2, 0.25) is 0 Å². The predicted octanol–water partition coefficient (Wildman–Crippen LogP) is 3.04. The van der Waals surface area contributed by atoms with Crippen LogP contribution in [0.5, 0.6) is 0 Å². The standard InChI is InChI=1S/C16H20O2/c1-2-15-11-16(12-17,13-18-15)10-6-9-14-7-4-3-5-8-14/h2-9,15,17H,1,10-13H2/b9-6+/t15-,16-/m1/s1. The molecule has 1 heterocycles. The van der Waals surface area contributed by atoms with Gasteiger partial charge in [0.15, 0.2) is 0 Å². The number of allylic oxidation sites excluding steroid dienone is 1. The van der Waals surface area contributed by atoms with Gasteiger partial charge in [0.1, 0.15) is 0 Å². The molecule has 0 bridgehead atoms. The van der Waals surface area contributed by atoms with Crippen LogP contribution >= 0.6 is 0 Å². The van der Waals surface area contributed by atoms with Crippen LogP contribution in [0.15, 0.2) is 49.1 Å². The van der Waals surface area contributed by atoms with Crippen molar-refractivity contribution in [2.45, 2.75) is 18.9 Å². The van der Waals surface area contributed by atoms with E-state index in [2.05, 4.69) is 30.9 Å². The van der Waals surface area contributed by atoms with Gasteiger partial charge in [0.25, 0.3) is 0 Å². The molecule has 0 amide bonds. The van der Waals surface area contributed by atoms with Gasteiger partial charge in [-0.1, -0.05) is 48.6 Å². The van der Waals surface area contributed by atoms with Crippen LogP contribution in [-0.4, -0.2) is 24.4 Å². The first-order valence-electron chi connectivity index (χ1n) is 6.35. The Hall–Kier alpha value is -1.38. The maximum Gasteiger partial charge on any atom is 0.0760 e. The van der Waals surface area contributed by atoms with Gasteiger partial charge in [-0.15, -0.1) is 6.58 Å². The van der Waals surface area contributed by atoms with Crippen molar-refractivity contribution in [1.82, 2.24) is 0 Å². The molecule has 0 unspecified atom stereocenters. The molecular weight excluding hydrogens is 224 g/mol. The fourth-order valence-corrected chi connectivity index (χ4v) is 2.31. The molecule has 1 N–H and O–H groups in total. The first kappa shape index (κ1) is 13.1. The molecule has 2 rings (SSSR count). The van der Waals surface area contributed by atoms with E-state index in [0.717, 1.165) is 12.8 Å². The second kappa shape index (κ2) is 5.98. The smallest absolute Gasteiger partial charge is 0.0760 e. The van der Waals surface area contributed by atoms with Gasteiger partial charge in [-0.25, -0.2) is 0 Å². The number of hydrogen-bond acceptors (Lipinski definition) is 2. The van der Waals surface area contributed by atoms with E-state index in [-0.39, 0.29) is 18.1 Å². The maximum atomic E-state index is 9.58. The zero-order chi connectivity index (χ0) is 12.8. The molecule has 1 aliphatic rings. The van der Waals surface area contributed by atoms with Crippen molar-refractivity contribution in [2.24, 2.45) is 5.41 Å². The van der Waals surface area contributed by atoms with Crippen LogP contribution in [0.3, 0.4) is 0 Å². The molecule has 0 aliphatic carbocycles. The van der Waals surface area contributed by atoms with Gasteiger partial charge >= 0.3 is 0 Å². The highest BCUT2D eigenvalue weighted by Crippen LogP contribution is 2.36. The largest absolute Gasteiger partial charge is 0.396 e. The Morgan fingerprint density at radius 3 is 2.78 bits per heavy atom. The summed E-state index contributed by atoms with van der Waals surface area (Å²) in [5.41, 5.74) is 1.05. The summed E-state index contributed by atoms with van der Waals surface area (Å²) in [7, 11) is 0. The molecular formula is C16H20O2. The lowest BCUT2D eigenvalue weighted by atomic mass is 9.82. The van der Waals surface area contributed by atoms with E-state index in [1.165, 1.54) is 5.56 Å². The van der Waals surface area contributed by atoms with Crippen molar-refractivity contribution in [3.05, 3.63) is 54.6 Å². The Morgan fingerprint density at radius 1 is 1.39 bits per heavy atom. The molecule has 2 nitrogen and oxygen atoms in total. The van der Waals surface area contributed by atoms with E-state index in [1.807, 2.05) is 24.3 Å². The highest BCUT2D eigenvalue weighted by Gasteiger charge is 2.37. The molecule has 0 aromatic heterocycles. The van der Waals surface area contributed by atoms with Crippen LogP contribution < -0.4 is 0 Å². The van der Waals surface area contributed by atoms with E-state index in [9.17, 15) is 5.11 Å². The quantitative estimate of drug-likeness (QED) is 0.807. The van der Waals surface area contributed by atoms with E-state index in [0.29, 0.717) is 6.61 Å². The molecule has 1 aromatic carbocycles. The maximum absolute atomic E-state index is 9.58. The SMILES string of the molecule is C=C[C@@H]1C[C@@](CO)(C/C=C/c2ccccc2)CO1. The minimum Gasteiger partial charge on any atom is -0.396 e. The summed E-state index contributed by atoms with van der Waals surface area (Å²) in [5.74, 6) is 0. The van der Waals surface area contributed by atoms with E-state index in [1.54, 1.807) is 0 Å². The number of benzene rings is 1. The Kier molecular flexibility index (Phi) is 4.34. The summed E-state index contributed by atoms with van der Waals surface area (Å²) in [6, 6.07) is 10.2. The first-order valence-corrected chi connectivity index (χ1v) is 6.35. The number of hydrogen-bond donors (Lipinski definition) is 1. The second-order valence-corrected chi connectivity index (χ2v) is 4.96. The molecule has 1 aromatic rings. The summed E-state index contributed by atoms with van der Waals surface area (Å²) >= 11 is 0. The number of aliphatic hydroxyl groups is 1. The summed E-state index contributed by atoms with van der Waals surface area (Å²) in [5, 5.41) is 9.58. The van der Waals surface area contributed by atoms with Gasteiger partial charge in [-0.05, 0) is 18.4 Å². The number of rotatable bonds is 5. The van der Waals surface area contributed by atoms with Gasteiger partial charge in [-0.3, -0.25) is 0 Å². The number of aliphatic hydroxyl groups excluding tert-OH is 1. The average molecular weight is 244 g/mol. The van der Waals surface area contributed by atoms with Crippen molar-refractivity contribution in [2.75, 3.05) is 13.2 Å². The van der Waals surface area contributed by atoms with Crippen LogP contribution in [0.1, 0.15) is 18.4 Å². The molecule has 0 radical (unpaired) electrons. The van der Waals surface area contributed by atoms with Crippen molar-refractivity contribution >= 4 is 6.08 Å². The lowest BCUT2D eigenvalue weighted by molar-refractivity contribution is 0.0852. The van der Waals surface area contributed by atoms with Crippen molar-refractivity contribution in [3.8, 4) is 0 Å². The van der Waals surface area contributed by atoms with E-state index >= 15 is 0 Å². The predicted molar refractivity (Wildman–Crippen MR) is 74.2 cm³/mol. The molecule has 1 aliphatic heterocycles. The minimum atomic E-state index is -0.135. The van der Waals surface area contributed by atoms with Crippen LogP contribution in [0.2, 0.25) is 0 Å². The molecule has 0 saturated carbocycles. The molecule has 2 heteroatoms. The molecule has 18 heavy (non-hydrogen) atoms. The summed E-state index contributed by atoms with van der Waals surface area (Å²) < 4.78 is 5.60. The van der Waals surface area contributed by atoms with E-state index in [4.69, 9.17) is 4.74 Å². The summed E-state index contributed by atoms with van der Waals surface area (Å²) in [4.78, 5) is 0. The van der Waals surface area contributed by atoms with Gasteiger partial charge in [0, 0.05) is 5.41 Å². The third-order valence-corrected chi connectivity index (χ3v) is 3.50. The zero-order valence-electron chi connectivity index (χ0n) is 10.6. The molecule has 96 valence electrons. The average Bonchev–Trinajstić information content (AvgIpc) is 2.84. The number of ether oxygens (including phenoxy) is 1. The fraction of sp³-hybridized carbons (Fsp3) is 0.375. The highest BCUT2D eigenvalue weighted by molar-refractivity contribution is 5.48. The topological polar surface area (TPSA) is 29.5 Å². The summed E-state index contributed by atoms with van der Waals surface area (Å²) in [6.45, 7) is 4.52. The molecule has 2 atom stereocenters. The summed E-state index contributed by atoms with van der Waals surface area (Å²) in [6.07, 6.45) is 7.81. The minimum absolute atomic E-state index is 0.0854. The lowest BCUT2D eigenvalue weighted by Crippen LogP contribution is -2.25. The Labute approximate surface area is 109 Å². The Morgan fingerprint density at radius 2 is 2.17 bits per heavy atom.